The maximum absolute atomic E-state index is 11.3. The second-order valence-corrected chi connectivity index (χ2v) is 6.01. The molecule has 1 unspecified atom stereocenters. The molecule has 0 spiro atoms. The summed E-state index contributed by atoms with van der Waals surface area (Å²) in [4.78, 5) is 11.3. The molecule has 0 aromatic carbocycles. The third-order valence-corrected chi connectivity index (χ3v) is 3.56. The van der Waals surface area contributed by atoms with Crippen molar-refractivity contribution in [1.82, 2.24) is 0 Å². The van der Waals surface area contributed by atoms with E-state index in [0.29, 0.717) is 19.6 Å². The first-order valence-corrected chi connectivity index (χ1v) is 6.64. The second-order valence-electron chi connectivity index (χ2n) is 6.01. The van der Waals surface area contributed by atoms with E-state index in [0.717, 1.165) is 19.3 Å². The van der Waals surface area contributed by atoms with Gasteiger partial charge in [0.15, 0.2) is 0 Å². The van der Waals surface area contributed by atoms with E-state index in [4.69, 9.17) is 10.5 Å². The van der Waals surface area contributed by atoms with Crippen LogP contribution >= 0.6 is 0 Å². The lowest BCUT2D eigenvalue weighted by Gasteiger charge is -2.36. The Balaban J connectivity index is 4.24. The van der Waals surface area contributed by atoms with Gasteiger partial charge in [0.05, 0.1) is 6.61 Å². The molecule has 102 valence electrons. The molecule has 0 aromatic rings. The van der Waals surface area contributed by atoms with Gasteiger partial charge in [0, 0.05) is 6.42 Å². The van der Waals surface area contributed by atoms with Crippen molar-refractivity contribution < 1.29 is 9.53 Å². The lowest BCUT2D eigenvalue weighted by atomic mass is 9.70. The highest BCUT2D eigenvalue weighted by Crippen LogP contribution is 2.38. The fourth-order valence-electron chi connectivity index (χ4n) is 2.26. The summed E-state index contributed by atoms with van der Waals surface area (Å²) in [6, 6.07) is 0. The molecule has 17 heavy (non-hydrogen) atoms. The molecular formula is C14H29NO2. The van der Waals surface area contributed by atoms with Gasteiger partial charge < -0.3 is 10.5 Å². The number of hydrogen-bond donors (Lipinski definition) is 1. The van der Waals surface area contributed by atoms with Crippen LogP contribution < -0.4 is 5.73 Å². The molecule has 0 aliphatic rings. The molecule has 0 bridgehead atoms. The Morgan fingerprint density at radius 3 is 2.24 bits per heavy atom. The minimum atomic E-state index is -0.0912. The highest BCUT2D eigenvalue weighted by Gasteiger charge is 2.30. The Morgan fingerprint density at radius 2 is 1.82 bits per heavy atom. The number of carbonyl (C=O) groups is 1. The van der Waals surface area contributed by atoms with Gasteiger partial charge in [0.2, 0.25) is 0 Å². The number of hydrogen-bond acceptors (Lipinski definition) is 3. The van der Waals surface area contributed by atoms with Gasteiger partial charge in [-0.1, -0.05) is 27.7 Å². The summed E-state index contributed by atoms with van der Waals surface area (Å²) in [5, 5.41) is 0. The summed E-state index contributed by atoms with van der Waals surface area (Å²) in [5.74, 6) is -0.0912. The fourth-order valence-corrected chi connectivity index (χ4v) is 2.26. The first-order chi connectivity index (χ1) is 7.78. The van der Waals surface area contributed by atoms with Gasteiger partial charge >= 0.3 is 5.97 Å². The molecule has 0 aromatic heterocycles. The third kappa shape index (κ3) is 6.67. The summed E-state index contributed by atoms with van der Waals surface area (Å²) in [7, 11) is 0. The van der Waals surface area contributed by atoms with Crippen molar-refractivity contribution in [2.24, 2.45) is 16.6 Å². The molecule has 1 atom stereocenters. The number of ether oxygens (including phenoxy) is 1. The molecule has 3 nitrogen and oxygen atoms in total. The van der Waals surface area contributed by atoms with E-state index in [1.807, 2.05) is 6.92 Å². The maximum Gasteiger partial charge on any atom is 0.305 e. The predicted octanol–water partition coefficient (Wildman–Crippen LogP) is 3.12. The number of nitrogens with two attached hydrogens (primary N) is 1. The van der Waals surface area contributed by atoms with Crippen molar-refractivity contribution >= 4 is 5.97 Å². The highest BCUT2D eigenvalue weighted by molar-refractivity contribution is 5.69. The van der Waals surface area contributed by atoms with Gasteiger partial charge in [0.25, 0.3) is 0 Å². The van der Waals surface area contributed by atoms with Crippen LogP contribution in [0.5, 0.6) is 0 Å². The first-order valence-electron chi connectivity index (χ1n) is 6.64. The zero-order chi connectivity index (χ0) is 13.5. The predicted molar refractivity (Wildman–Crippen MR) is 71.7 cm³/mol. The molecule has 0 saturated carbocycles. The summed E-state index contributed by atoms with van der Waals surface area (Å²) < 4.78 is 4.96. The molecule has 0 aliphatic carbocycles. The number of carbonyl (C=O) groups excluding carboxylic acids is 1. The van der Waals surface area contributed by atoms with Gasteiger partial charge in [-0.25, -0.2) is 0 Å². The van der Waals surface area contributed by atoms with Crippen molar-refractivity contribution in [2.45, 2.75) is 60.3 Å². The zero-order valence-corrected chi connectivity index (χ0v) is 12.1. The molecule has 0 radical (unpaired) electrons. The van der Waals surface area contributed by atoms with Gasteiger partial charge in [-0.3, -0.25) is 4.79 Å². The lowest BCUT2D eigenvalue weighted by molar-refractivity contribution is -0.143. The van der Waals surface area contributed by atoms with Crippen LogP contribution in [-0.2, 0) is 9.53 Å². The molecule has 0 rings (SSSR count). The van der Waals surface area contributed by atoms with Gasteiger partial charge in [-0.15, -0.1) is 0 Å². The quantitative estimate of drug-likeness (QED) is 0.666. The van der Waals surface area contributed by atoms with Gasteiger partial charge in [-0.05, 0) is 43.6 Å². The Morgan fingerprint density at radius 1 is 1.24 bits per heavy atom. The van der Waals surface area contributed by atoms with Crippen LogP contribution in [0.1, 0.15) is 60.3 Å². The van der Waals surface area contributed by atoms with E-state index in [9.17, 15) is 4.79 Å². The Hall–Kier alpha value is -0.570. The molecule has 0 heterocycles. The second kappa shape index (κ2) is 7.00. The van der Waals surface area contributed by atoms with E-state index in [1.165, 1.54) is 0 Å². The average Bonchev–Trinajstić information content (AvgIpc) is 2.26. The van der Waals surface area contributed by atoms with Crippen LogP contribution in [0.2, 0.25) is 0 Å². The van der Waals surface area contributed by atoms with Crippen LogP contribution in [0.15, 0.2) is 0 Å². The molecule has 0 aliphatic heterocycles. The smallest absolute Gasteiger partial charge is 0.305 e. The minimum Gasteiger partial charge on any atom is -0.466 e. The minimum absolute atomic E-state index is 0.0912. The lowest BCUT2D eigenvalue weighted by Crippen LogP contribution is -2.32. The van der Waals surface area contributed by atoms with Crippen LogP contribution in [0.3, 0.4) is 0 Å². The van der Waals surface area contributed by atoms with Crippen molar-refractivity contribution in [3.05, 3.63) is 0 Å². The van der Waals surface area contributed by atoms with Crippen LogP contribution in [0.25, 0.3) is 0 Å². The van der Waals surface area contributed by atoms with E-state index in [2.05, 4.69) is 27.7 Å². The van der Waals surface area contributed by atoms with Crippen LogP contribution in [0.4, 0.5) is 0 Å². The summed E-state index contributed by atoms with van der Waals surface area (Å²) in [5.41, 5.74) is 6.15. The summed E-state index contributed by atoms with van der Waals surface area (Å²) in [6.07, 6.45) is 3.49. The third-order valence-electron chi connectivity index (χ3n) is 3.56. The molecule has 0 fully saturated rings. The molecule has 3 heteroatoms. The van der Waals surface area contributed by atoms with Crippen molar-refractivity contribution in [3.63, 3.8) is 0 Å². The Bertz CT molecular complexity index is 232. The van der Waals surface area contributed by atoms with E-state index in [-0.39, 0.29) is 16.8 Å². The standard InChI is InChI=1S/C14H29NO2/c1-6-14(5,11-15)10-13(3,4)9-8-12(16)17-7-2/h6-11,15H2,1-5H3. The van der Waals surface area contributed by atoms with E-state index < -0.39 is 0 Å². The highest BCUT2D eigenvalue weighted by atomic mass is 16.5. The summed E-state index contributed by atoms with van der Waals surface area (Å²) >= 11 is 0. The average molecular weight is 243 g/mol. The largest absolute Gasteiger partial charge is 0.466 e. The topological polar surface area (TPSA) is 52.3 Å². The molecule has 0 saturated heterocycles. The maximum atomic E-state index is 11.3. The molecule has 2 N–H and O–H groups in total. The monoisotopic (exact) mass is 243 g/mol. The van der Waals surface area contributed by atoms with Crippen molar-refractivity contribution in [3.8, 4) is 0 Å². The van der Waals surface area contributed by atoms with Crippen molar-refractivity contribution in [1.29, 1.82) is 0 Å². The van der Waals surface area contributed by atoms with Crippen LogP contribution in [-0.4, -0.2) is 19.1 Å². The van der Waals surface area contributed by atoms with E-state index in [1.54, 1.807) is 0 Å². The summed E-state index contributed by atoms with van der Waals surface area (Å²) in [6.45, 7) is 11.8. The van der Waals surface area contributed by atoms with Crippen LogP contribution in [0, 0.1) is 10.8 Å². The van der Waals surface area contributed by atoms with Gasteiger partial charge in [-0.2, -0.15) is 0 Å². The van der Waals surface area contributed by atoms with E-state index >= 15 is 0 Å². The molecular weight excluding hydrogens is 214 g/mol. The first kappa shape index (κ1) is 16.4. The molecule has 0 amide bonds. The SMILES string of the molecule is CCOC(=O)CCC(C)(C)CC(C)(CC)CN. The normalized spacial score (nSPS) is 15.4. The Labute approximate surface area is 106 Å². The number of esters is 1. The number of rotatable bonds is 8. The fraction of sp³-hybridized carbons (Fsp3) is 0.929. The van der Waals surface area contributed by atoms with Crippen molar-refractivity contribution in [2.75, 3.05) is 13.2 Å². The zero-order valence-electron chi connectivity index (χ0n) is 12.1. The van der Waals surface area contributed by atoms with Gasteiger partial charge in [0.1, 0.15) is 0 Å². The Kier molecular flexibility index (Phi) is 6.76.